The number of ether oxygens (including phenoxy) is 1. The second-order valence-corrected chi connectivity index (χ2v) is 16.3. The Bertz CT molecular complexity index is 2060. The van der Waals surface area contributed by atoms with Crippen molar-refractivity contribution in [2.24, 2.45) is 0 Å². The maximum atomic E-state index is 13.8. The number of aromatic nitrogens is 5. The number of urea groups is 1. The van der Waals surface area contributed by atoms with E-state index in [4.69, 9.17) is 9.84 Å². The highest BCUT2D eigenvalue weighted by Gasteiger charge is 2.32. The number of carbonyl (C=O) groups is 1. The van der Waals surface area contributed by atoms with Crippen LogP contribution in [0.25, 0.3) is 11.3 Å². The van der Waals surface area contributed by atoms with Gasteiger partial charge < -0.3 is 15.0 Å². The van der Waals surface area contributed by atoms with Gasteiger partial charge in [0.25, 0.3) is 0 Å². The molecule has 278 valence electrons. The predicted octanol–water partition coefficient (Wildman–Crippen LogP) is 8.35. The summed E-state index contributed by atoms with van der Waals surface area (Å²) in [4.78, 5) is 18.7. The molecule has 0 spiro atoms. The number of hydrogen-bond donors (Lipinski definition) is 2. The minimum Gasteiger partial charge on any atom is -0.484 e. The van der Waals surface area contributed by atoms with Crippen LogP contribution in [-0.2, 0) is 12.0 Å². The summed E-state index contributed by atoms with van der Waals surface area (Å²) in [6.07, 6.45) is 9.42. The number of hydrogen-bond acceptors (Lipinski definition) is 7. The molecule has 2 saturated heterocycles. The Morgan fingerprint density at radius 2 is 1.64 bits per heavy atom. The molecule has 5 aromatic rings. The lowest BCUT2D eigenvalue weighted by Crippen LogP contribution is -2.44. The number of fused-ring (bicyclic) bond motifs is 2. The molecule has 1 aliphatic carbocycles. The van der Waals surface area contributed by atoms with Crippen LogP contribution >= 0.6 is 0 Å². The molecule has 2 aliphatic heterocycles. The van der Waals surface area contributed by atoms with Gasteiger partial charge in [0.1, 0.15) is 17.7 Å². The van der Waals surface area contributed by atoms with E-state index < -0.39 is 0 Å². The average Bonchev–Trinajstić information content (AvgIpc) is 3.90. The summed E-state index contributed by atoms with van der Waals surface area (Å²) >= 11 is 0. The topological polar surface area (TPSA) is 105 Å². The molecule has 2 fully saturated rings. The van der Waals surface area contributed by atoms with E-state index in [2.05, 4.69) is 106 Å². The van der Waals surface area contributed by atoms with Crippen molar-refractivity contribution >= 4 is 23.4 Å². The van der Waals surface area contributed by atoms with Crippen LogP contribution in [0.3, 0.4) is 0 Å². The number of nitrogens with one attached hydrogen (secondary N) is 2. The lowest BCUT2D eigenvalue weighted by Gasteiger charge is -2.39. The number of benzene rings is 2. The second kappa shape index (κ2) is 14.5. The van der Waals surface area contributed by atoms with Crippen LogP contribution in [0.4, 0.5) is 16.6 Å². The van der Waals surface area contributed by atoms with Crippen LogP contribution in [0.1, 0.15) is 114 Å². The summed E-state index contributed by atoms with van der Waals surface area (Å²) in [5.41, 5.74) is 5.87. The van der Waals surface area contributed by atoms with Gasteiger partial charge in [-0.1, -0.05) is 57.2 Å². The standard InChI is InChI=1S/C42H53N9O2/c1-28-12-10-13-29(2)50(28)41-46-45-38-21-18-32(27-49(38)41)53-36-20-19-35(33-16-6-7-17-34(33)36)43-40(52)44-39-25-37(42(3,4)5)47-51(39)31-15-11-14-30(24-31)26-48-22-8-9-23-48/h6-7,11,14-18,21,24-25,27-29,35-36H,8-10,12-13,19-20,22-23,26H2,1-5H3,(H2,43,44,52)/t28-,29+,35-,36+/m0/s1. The van der Waals surface area contributed by atoms with Crippen molar-refractivity contribution in [1.82, 2.24) is 34.6 Å². The van der Waals surface area contributed by atoms with Crippen molar-refractivity contribution in [3.63, 3.8) is 0 Å². The van der Waals surface area contributed by atoms with Gasteiger partial charge in [0.05, 0.1) is 23.6 Å². The molecule has 5 heterocycles. The third kappa shape index (κ3) is 7.36. The molecule has 0 saturated carbocycles. The van der Waals surface area contributed by atoms with Gasteiger partial charge >= 0.3 is 6.03 Å². The fourth-order valence-corrected chi connectivity index (χ4v) is 8.44. The van der Waals surface area contributed by atoms with E-state index in [1.54, 1.807) is 0 Å². The monoisotopic (exact) mass is 715 g/mol. The Labute approximate surface area is 312 Å². The average molecular weight is 716 g/mol. The van der Waals surface area contributed by atoms with Gasteiger partial charge in [0, 0.05) is 30.1 Å². The van der Waals surface area contributed by atoms with E-state index in [0.717, 1.165) is 85.2 Å². The van der Waals surface area contributed by atoms with Gasteiger partial charge in [0.15, 0.2) is 5.65 Å². The Morgan fingerprint density at radius 3 is 2.42 bits per heavy atom. The first-order valence-electron chi connectivity index (χ1n) is 19.5. The molecule has 0 bridgehead atoms. The summed E-state index contributed by atoms with van der Waals surface area (Å²) in [6, 6.07) is 23.1. The quantitative estimate of drug-likeness (QED) is 0.166. The zero-order valence-corrected chi connectivity index (χ0v) is 31.8. The largest absolute Gasteiger partial charge is 0.484 e. The minimum absolute atomic E-state index is 0.152. The first kappa shape index (κ1) is 35.1. The Kier molecular flexibility index (Phi) is 9.61. The fourth-order valence-electron chi connectivity index (χ4n) is 8.44. The van der Waals surface area contributed by atoms with Crippen LogP contribution in [0.5, 0.6) is 5.75 Å². The molecule has 2 aromatic carbocycles. The predicted molar refractivity (Wildman–Crippen MR) is 209 cm³/mol. The molecular weight excluding hydrogens is 663 g/mol. The van der Waals surface area contributed by atoms with E-state index in [9.17, 15) is 4.79 Å². The van der Waals surface area contributed by atoms with Gasteiger partial charge in [-0.05, 0) is 113 Å². The van der Waals surface area contributed by atoms with Crippen molar-refractivity contribution in [2.45, 2.75) is 116 Å². The van der Waals surface area contributed by atoms with E-state index in [0.29, 0.717) is 17.9 Å². The Balaban J connectivity index is 0.993. The summed E-state index contributed by atoms with van der Waals surface area (Å²) in [7, 11) is 0. The molecule has 3 aromatic heterocycles. The van der Waals surface area contributed by atoms with Crippen molar-refractivity contribution in [3.8, 4) is 11.4 Å². The van der Waals surface area contributed by atoms with Crippen LogP contribution in [0, 0.1) is 0 Å². The zero-order chi connectivity index (χ0) is 36.7. The molecule has 3 aliphatic rings. The maximum Gasteiger partial charge on any atom is 0.320 e. The maximum absolute atomic E-state index is 13.8. The molecule has 11 nitrogen and oxygen atoms in total. The van der Waals surface area contributed by atoms with E-state index in [1.807, 2.05) is 41.2 Å². The summed E-state index contributed by atoms with van der Waals surface area (Å²) < 4.78 is 10.7. The first-order valence-corrected chi connectivity index (χ1v) is 19.5. The van der Waals surface area contributed by atoms with E-state index in [-0.39, 0.29) is 23.6 Å². The Hall–Kier alpha value is -4.90. The third-order valence-corrected chi connectivity index (χ3v) is 11.3. The molecule has 11 heteroatoms. The molecular formula is C42H53N9O2. The zero-order valence-electron chi connectivity index (χ0n) is 31.8. The highest BCUT2D eigenvalue weighted by molar-refractivity contribution is 5.89. The lowest BCUT2D eigenvalue weighted by atomic mass is 9.85. The van der Waals surface area contributed by atoms with Gasteiger partial charge in [-0.2, -0.15) is 5.10 Å². The molecule has 2 N–H and O–H groups in total. The number of rotatable bonds is 8. The van der Waals surface area contributed by atoms with Crippen LogP contribution in [0.2, 0.25) is 0 Å². The third-order valence-electron chi connectivity index (χ3n) is 11.3. The molecule has 2 amide bonds. The normalized spacial score (nSPS) is 22.2. The van der Waals surface area contributed by atoms with Gasteiger partial charge in [-0.15, -0.1) is 10.2 Å². The number of anilines is 2. The number of carbonyl (C=O) groups excluding carboxylic acids is 1. The summed E-state index contributed by atoms with van der Waals surface area (Å²) in [5, 5.41) is 20.5. The number of piperidine rings is 1. The summed E-state index contributed by atoms with van der Waals surface area (Å²) in [5.74, 6) is 2.29. The van der Waals surface area contributed by atoms with Crippen LogP contribution in [-0.4, -0.2) is 60.5 Å². The van der Waals surface area contributed by atoms with Gasteiger partial charge in [-0.25, -0.2) is 9.48 Å². The van der Waals surface area contributed by atoms with Crippen LogP contribution < -0.4 is 20.3 Å². The van der Waals surface area contributed by atoms with Gasteiger partial charge in [0.2, 0.25) is 5.95 Å². The van der Waals surface area contributed by atoms with Crippen molar-refractivity contribution < 1.29 is 9.53 Å². The molecule has 0 unspecified atom stereocenters. The smallest absolute Gasteiger partial charge is 0.320 e. The highest BCUT2D eigenvalue weighted by Crippen LogP contribution is 2.39. The van der Waals surface area contributed by atoms with Crippen LogP contribution in [0.15, 0.2) is 72.9 Å². The molecule has 4 atom stereocenters. The number of nitrogens with zero attached hydrogens (tertiary/aromatic N) is 7. The lowest BCUT2D eigenvalue weighted by molar-refractivity contribution is 0.171. The molecule has 53 heavy (non-hydrogen) atoms. The van der Waals surface area contributed by atoms with E-state index >= 15 is 0 Å². The summed E-state index contributed by atoms with van der Waals surface area (Å²) in [6.45, 7) is 14.2. The van der Waals surface area contributed by atoms with Crippen molar-refractivity contribution in [3.05, 3.63) is 95.3 Å². The van der Waals surface area contributed by atoms with E-state index in [1.165, 1.54) is 24.8 Å². The first-order chi connectivity index (χ1) is 25.6. The highest BCUT2D eigenvalue weighted by atomic mass is 16.5. The minimum atomic E-state index is -0.259. The number of pyridine rings is 1. The fraction of sp³-hybridized carbons (Fsp3) is 0.476. The van der Waals surface area contributed by atoms with Gasteiger partial charge in [-0.3, -0.25) is 14.6 Å². The molecule has 0 radical (unpaired) electrons. The SMILES string of the molecule is C[C@@H]1CCC[C@H](C)N1c1nnc2ccc(O[C@@H]3CC[C@H](NC(=O)Nc4cc(C(C)(C)C)nn4-c4cccc(CN5CCCC5)c4)c4ccccc43)cn12. The second-order valence-electron chi connectivity index (χ2n) is 16.3. The number of amides is 2. The van der Waals surface area contributed by atoms with Crippen molar-refractivity contribution in [1.29, 1.82) is 0 Å². The van der Waals surface area contributed by atoms with Crippen molar-refractivity contribution in [2.75, 3.05) is 23.3 Å². The molecule has 8 rings (SSSR count). The Morgan fingerprint density at radius 1 is 0.868 bits per heavy atom. The number of likely N-dealkylation sites (tertiary alicyclic amines) is 1.